The number of hydrogen-bond acceptors (Lipinski definition) is 4. The number of aryl methyl sites for hydroxylation is 2. The number of carbonyl (C=O) groups excluding carboxylic acids is 2. The normalized spacial score (nSPS) is 14.5. The van der Waals surface area contributed by atoms with Crippen molar-refractivity contribution in [3.63, 3.8) is 0 Å². The maximum absolute atomic E-state index is 12.4. The van der Waals surface area contributed by atoms with Crippen LogP contribution < -0.4 is 10.2 Å². The summed E-state index contributed by atoms with van der Waals surface area (Å²) in [4.78, 5) is 30.8. The number of rotatable bonds is 3. The molecule has 0 spiro atoms. The molecule has 0 radical (unpaired) electrons. The van der Waals surface area contributed by atoms with Gasteiger partial charge in [0.15, 0.2) is 5.13 Å². The number of hydrogen-bond donors (Lipinski definition) is 1. The van der Waals surface area contributed by atoms with Gasteiger partial charge in [-0.3, -0.25) is 14.5 Å². The highest BCUT2D eigenvalue weighted by molar-refractivity contribution is 7.18. The SMILES string of the molecule is Cc1ccc(NC(=O)c2sc(N3CCCC3=O)nc2C)cc1. The molecule has 5 nitrogen and oxygen atoms in total. The van der Waals surface area contributed by atoms with Crippen molar-refractivity contribution < 1.29 is 9.59 Å². The Morgan fingerprint density at radius 1 is 1.27 bits per heavy atom. The van der Waals surface area contributed by atoms with Crippen LogP contribution in [0.4, 0.5) is 10.8 Å². The minimum atomic E-state index is -0.184. The fraction of sp³-hybridized carbons (Fsp3) is 0.312. The molecule has 1 aromatic heterocycles. The summed E-state index contributed by atoms with van der Waals surface area (Å²) in [6, 6.07) is 7.63. The number of carbonyl (C=O) groups is 2. The molecule has 0 saturated carbocycles. The Balaban J connectivity index is 1.79. The highest BCUT2D eigenvalue weighted by atomic mass is 32.1. The van der Waals surface area contributed by atoms with Gasteiger partial charge in [0, 0.05) is 18.7 Å². The van der Waals surface area contributed by atoms with Crippen LogP contribution in [0.1, 0.15) is 33.8 Å². The first-order valence-corrected chi connectivity index (χ1v) is 8.02. The van der Waals surface area contributed by atoms with Crippen LogP contribution in [-0.4, -0.2) is 23.3 Å². The standard InChI is InChI=1S/C16H17N3O2S/c1-10-5-7-12(8-6-10)18-15(21)14-11(2)17-16(22-14)19-9-3-4-13(19)20/h5-8H,3-4,9H2,1-2H3,(H,18,21). The molecular formula is C16H17N3O2S. The summed E-state index contributed by atoms with van der Waals surface area (Å²) >= 11 is 1.27. The zero-order valence-electron chi connectivity index (χ0n) is 12.5. The highest BCUT2D eigenvalue weighted by Gasteiger charge is 2.26. The molecule has 22 heavy (non-hydrogen) atoms. The van der Waals surface area contributed by atoms with Crippen molar-refractivity contribution in [3.8, 4) is 0 Å². The summed E-state index contributed by atoms with van der Waals surface area (Å²) in [7, 11) is 0. The van der Waals surface area contributed by atoms with Crippen LogP contribution in [0.2, 0.25) is 0 Å². The van der Waals surface area contributed by atoms with Gasteiger partial charge in [0.1, 0.15) is 4.88 Å². The molecule has 2 amide bonds. The second-order valence-electron chi connectivity index (χ2n) is 5.38. The van der Waals surface area contributed by atoms with E-state index >= 15 is 0 Å². The topological polar surface area (TPSA) is 62.3 Å². The Hall–Kier alpha value is -2.21. The molecule has 1 N–H and O–H groups in total. The van der Waals surface area contributed by atoms with Crippen molar-refractivity contribution in [1.82, 2.24) is 4.98 Å². The molecular weight excluding hydrogens is 298 g/mol. The van der Waals surface area contributed by atoms with Gasteiger partial charge in [-0.25, -0.2) is 4.98 Å². The van der Waals surface area contributed by atoms with Gasteiger partial charge in [-0.15, -0.1) is 0 Å². The van der Waals surface area contributed by atoms with Crippen molar-refractivity contribution in [3.05, 3.63) is 40.4 Å². The van der Waals surface area contributed by atoms with Crippen LogP contribution in [0.15, 0.2) is 24.3 Å². The third-order valence-electron chi connectivity index (χ3n) is 3.61. The number of nitrogens with zero attached hydrogens (tertiary/aromatic N) is 2. The van der Waals surface area contributed by atoms with E-state index in [1.807, 2.05) is 31.2 Å². The van der Waals surface area contributed by atoms with E-state index in [1.165, 1.54) is 11.3 Å². The summed E-state index contributed by atoms with van der Waals surface area (Å²) in [6.45, 7) is 4.48. The zero-order chi connectivity index (χ0) is 15.7. The molecule has 0 unspecified atom stereocenters. The van der Waals surface area contributed by atoms with E-state index in [2.05, 4.69) is 10.3 Å². The number of amides is 2. The molecule has 0 bridgehead atoms. The molecule has 2 heterocycles. The quantitative estimate of drug-likeness (QED) is 0.946. The number of benzene rings is 1. The lowest BCUT2D eigenvalue weighted by atomic mass is 10.2. The first kappa shape index (κ1) is 14.7. The predicted molar refractivity (Wildman–Crippen MR) is 87.6 cm³/mol. The summed E-state index contributed by atoms with van der Waals surface area (Å²) in [5, 5.41) is 3.49. The van der Waals surface area contributed by atoms with Gasteiger partial charge in [-0.2, -0.15) is 0 Å². The first-order chi connectivity index (χ1) is 10.5. The van der Waals surface area contributed by atoms with Gasteiger partial charge < -0.3 is 5.32 Å². The molecule has 1 saturated heterocycles. The lowest BCUT2D eigenvalue weighted by Gasteiger charge is -2.10. The van der Waals surface area contributed by atoms with E-state index in [-0.39, 0.29) is 11.8 Å². The third kappa shape index (κ3) is 2.87. The molecule has 114 valence electrons. The Labute approximate surface area is 133 Å². The summed E-state index contributed by atoms with van der Waals surface area (Å²) in [5.74, 6) is -0.101. The molecule has 2 aromatic rings. The van der Waals surface area contributed by atoms with Crippen LogP contribution in [-0.2, 0) is 4.79 Å². The lowest BCUT2D eigenvalue weighted by Crippen LogP contribution is -2.23. The largest absolute Gasteiger partial charge is 0.321 e. The predicted octanol–water partition coefficient (Wildman–Crippen LogP) is 3.14. The summed E-state index contributed by atoms with van der Waals surface area (Å²) in [6.07, 6.45) is 1.41. The average Bonchev–Trinajstić information content (AvgIpc) is 3.07. The number of anilines is 2. The fourth-order valence-corrected chi connectivity index (χ4v) is 3.39. The average molecular weight is 315 g/mol. The van der Waals surface area contributed by atoms with Gasteiger partial charge in [0.25, 0.3) is 5.91 Å². The minimum Gasteiger partial charge on any atom is -0.321 e. The van der Waals surface area contributed by atoms with Crippen LogP contribution in [0.5, 0.6) is 0 Å². The van der Waals surface area contributed by atoms with Crippen molar-refractivity contribution in [2.75, 3.05) is 16.8 Å². The van der Waals surface area contributed by atoms with Crippen molar-refractivity contribution in [2.24, 2.45) is 0 Å². The minimum absolute atomic E-state index is 0.0826. The van der Waals surface area contributed by atoms with Crippen molar-refractivity contribution in [1.29, 1.82) is 0 Å². The molecule has 6 heteroatoms. The molecule has 0 aliphatic carbocycles. The van der Waals surface area contributed by atoms with E-state index in [0.29, 0.717) is 28.7 Å². The number of thiazole rings is 1. The van der Waals surface area contributed by atoms with E-state index in [4.69, 9.17) is 0 Å². The first-order valence-electron chi connectivity index (χ1n) is 7.20. The van der Waals surface area contributed by atoms with E-state index in [0.717, 1.165) is 17.7 Å². The lowest BCUT2D eigenvalue weighted by molar-refractivity contribution is -0.117. The summed E-state index contributed by atoms with van der Waals surface area (Å²) in [5.41, 5.74) is 2.55. The Kier molecular flexibility index (Phi) is 3.94. The molecule has 0 atom stereocenters. The molecule has 3 rings (SSSR count). The highest BCUT2D eigenvalue weighted by Crippen LogP contribution is 2.29. The van der Waals surface area contributed by atoms with Crippen LogP contribution in [0, 0.1) is 13.8 Å². The van der Waals surface area contributed by atoms with Crippen LogP contribution in [0.3, 0.4) is 0 Å². The smallest absolute Gasteiger partial charge is 0.267 e. The van der Waals surface area contributed by atoms with Gasteiger partial charge in [-0.05, 0) is 32.4 Å². The zero-order valence-corrected chi connectivity index (χ0v) is 13.4. The number of nitrogens with one attached hydrogen (secondary N) is 1. The van der Waals surface area contributed by atoms with Crippen molar-refractivity contribution in [2.45, 2.75) is 26.7 Å². The van der Waals surface area contributed by atoms with E-state index in [1.54, 1.807) is 11.8 Å². The maximum Gasteiger partial charge on any atom is 0.267 e. The third-order valence-corrected chi connectivity index (χ3v) is 4.78. The van der Waals surface area contributed by atoms with Gasteiger partial charge in [0.2, 0.25) is 5.91 Å². The van der Waals surface area contributed by atoms with Gasteiger partial charge >= 0.3 is 0 Å². The molecule has 1 aliphatic rings. The van der Waals surface area contributed by atoms with Crippen LogP contribution >= 0.6 is 11.3 Å². The van der Waals surface area contributed by atoms with Crippen molar-refractivity contribution >= 4 is 34.0 Å². The Morgan fingerprint density at radius 2 is 2.00 bits per heavy atom. The monoisotopic (exact) mass is 315 g/mol. The van der Waals surface area contributed by atoms with Gasteiger partial charge in [0.05, 0.1) is 5.69 Å². The molecule has 1 fully saturated rings. The van der Waals surface area contributed by atoms with E-state index in [9.17, 15) is 9.59 Å². The van der Waals surface area contributed by atoms with Gasteiger partial charge in [-0.1, -0.05) is 29.0 Å². The molecule has 1 aliphatic heterocycles. The number of aromatic nitrogens is 1. The fourth-order valence-electron chi connectivity index (χ4n) is 2.38. The molecule has 1 aromatic carbocycles. The Bertz CT molecular complexity index is 721. The second-order valence-corrected chi connectivity index (χ2v) is 6.36. The summed E-state index contributed by atoms with van der Waals surface area (Å²) < 4.78 is 0. The van der Waals surface area contributed by atoms with Crippen LogP contribution in [0.25, 0.3) is 0 Å². The maximum atomic E-state index is 12.4. The Morgan fingerprint density at radius 3 is 2.64 bits per heavy atom. The second kappa shape index (κ2) is 5.88. The van der Waals surface area contributed by atoms with E-state index < -0.39 is 0 Å².